The van der Waals surface area contributed by atoms with Gasteiger partial charge in [0.15, 0.2) is 0 Å². The van der Waals surface area contributed by atoms with Crippen LogP contribution in [0.3, 0.4) is 0 Å². The first-order chi connectivity index (χ1) is 13.6. The number of thioether (sulfide) groups is 1. The molecule has 0 unspecified atom stereocenters. The molecular formula is C20H18ClN3O3S. The lowest BCUT2D eigenvalue weighted by Crippen LogP contribution is -2.18. The maximum atomic E-state index is 13.2. The van der Waals surface area contributed by atoms with Crippen LogP contribution in [-0.2, 0) is 11.5 Å². The fourth-order valence-corrected chi connectivity index (χ4v) is 4.32. The van der Waals surface area contributed by atoms with Gasteiger partial charge in [-0.15, -0.1) is 0 Å². The van der Waals surface area contributed by atoms with Gasteiger partial charge in [0.1, 0.15) is 22.9 Å². The molecule has 1 aromatic heterocycles. The van der Waals surface area contributed by atoms with Crippen LogP contribution in [0.2, 0.25) is 5.02 Å². The first kappa shape index (κ1) is 18.7. The SMILES string of the molecule is COc1cccc(OC)c1C(=O)Nc1c2c(nn1-c1ccc(Cl)cc1)CSC2. The highest BCUT2D eigenvalue weighted by molar-refractivity contribution is 7.98. The van der Waals surface area contributed by atoms with Crippen molar-refractivity contribution in [2.24, 2.45) is 0 Å². The Morgan fingerprint density at radius 2 is 1.79 bits per heavy atom. The van der Waals surface area contributed by atoms with Crippen molar-refractivity contribution in [2.45, 2.75) is 11.5 Å². The first-order valence-corrected chi connectivity index (χ1v) is 10.1. The van der Waals surface area contributed by atoms with Gasteiger partial charge in [-0.1, -0.05) is 17.7 Å². The molecule has 28 heavy (non-hydrogen) atoms. The van der Waals surface area contributed by atoms with Gasteiger partial charge in [0, 0.05) is 22.1 Å². The summed E-state index contributed by atoms with van der Waals surface area (Å²) in [5.74, 6) is 2.84. The number of anilines is 1. The highest BCUT2D eigenvalue weighted by Crippen LogP contribution is 2.37. The van der Waals surface area contributed by atoms with Crippen LogP contribution in [0.4, 0.5) is 5.82 Å². The summed E-state index contributed by atoms with van der Waals surface area (Å²) in [6.07, 6.45) is 0. The predicted molar refractivity (Wildman–Crippen MR) is 111 cm³/mol. The summed E-state index contributed by atoms with van der Waals surface area (Å²) in [7, 11) is 3.05. The quantitative estimate of drug-likeness (QED) is 0.662. The van der Waals surface area contributed by atoms with Crippen LogP contribution in [0.15, 0.2) is 42.5 Å². The van der Waals surface area contributed by atoms with Crippen LogP contribution in [0.5, 0.6) is 11.5 Å². The molecule has 0 fully saturated rings. The van der Waals surface area contributed by atoms with Crippen LogP contribution >= 0.6 is 23.4 Å². The molecule has 0 bridgehead atoms. The summed E-state index contributed by atoms with van der Waals surface area (Å²) in [5.41, 5.74) is 3.17. The third-order valence-electron chi connectivity index (χ3n) is 4.51. The standard InChI is InChI=1S/C20H18ClN3O3S/c1-26-16-4-3-5-17(27-2)18(16)20(25)22-19-14-10-28-11-15(14)23-24(19)13-8-6-12(21)7-9-13/h3-9H,10-11H2,1-2H3,(H,22,25). The Bertz CT molecular complexity index is 1010. The third-order valence-corrected chi connectivity index (χ3v) is 5.73. The fourth-order valence-electron chi connectivity index (χ4n) is 3.16. The molecular weight excluding hydrogens is 398 g/mol. The van der Waals surface area contributed by atoms with E-state index in [4.69, 9.17) is 26.2 Å². The maximum Gasteiger partial charge on any atom is 0.264 e. The number of carbonyl (C=O) groups is 1. The Kier molecular flexibility index (Phi) is 5.19. The number of nitrogens with zero attached hydrogens (tertiary/aromatic N) is 2. The zero-order valence-corrected chi connectivity index (χ0v) is 16.9. The van der Waals surface area contributed by atoms with Crippen molar-refractivity contribution in [3.8, 4) is 17.2 Å². The van der Waals surface area contributed by atoms with Crippen molar-refractivity contribution in [1.82, 2.24) is 9.78 Å². The molecule has 1 aliphatic heterocycles. The van der Waals surface area contributed by atoms with Gasteiger partial charge < -0.3 is 14.8 Å². The number of fused-ring (bicyclic) bond motifs is 1. The van der Waals surface area contributed by atoms with Gasteiger partial charge in [-0.05, 0) is 36.4 Å². The number of hydrogen-bond donors (Lipinski definition) is 1. The average molecular weight is 416 g/mol. The molecule has 8 heteroatoms. The van der Waals surface area contributed by atoms with E-state index in [0.717, 1.165) is 28.5 Å². The van der Waals surface area contributed by atoms with Gasteiger partial charge in [0.05, 0.1) is 25.6 Å². The topological polar surface area (TPSA) is 65.4 Å². The maximum absolute atomic E-state index is 13.2. The summed E-state index contributed by atoms with van der Waals surface area (Å²) in [4.78, 5) is 13.2. The van der Waals surface area contributed by atoms with Crippen molar-refractivity contribution in [1.29, 1.82) is 0 Å². The summed E-state index contributed by atoms with van der Waals surface area (Å²) < 4.78 is 12.5. The van der Waals surface area contributed by atoms with E-state index in [-0.39, 0.29) is 5.91 Å². The number of aromatic nitrogens is 2. The molecule has 2 aromatic carbocycles. The third kappa shape index (κ3) is 3.31. The van der Waals surface area contributed by atoms with Crippen molar-refractivity contribution < 1.29 is 14.3 Å². The summed E-state index contributed by atoms with van der Waals surface area (Å²) >= 11 is 7.79. The van der Waals surface area contributed by atoms with E-state index >= 15 is 0 Å². The Hall–Kier alpha value is -2.64. The lowest BCUT2D eigenvalue weighted by atomic mass is 10.1. The molecule has 6 nitrogen and oxygen atoms in total. The number of halogens is 1. The number of methoxy groups -OCH3 is 2. The van der Waals surface area contributed by atoms with E-state index in [1.165, 1.54) is 14.2 Å². The summed E-state index contributed by atoms with van der Waals surface area (Å²) in [6, 6.07) is 12.6. The molecule has 4 rings (SSSR count). The van der Waals surface area contributed by atoms with Gasteiger partial charge in [0.25, 0.3) is 5.91 Å². The minimum Gasteiger partial charge on any atom is -0.496 e. The van der Waals surface area contributed by atoms with E-state index in [2.05, 4.69) is 5.32 Å². The number of ether oxygens (including phenoxy) is 2. The van der Waals surface area contributed by atoms with Gasteiger partial charge >= 0.3 is 0 Å². The van der Waals surface area contributed by atoms with Crippen molar-refractivity contribution in [2.75, 3.05) is 19.5 Å². The molecule has 0 spiro atoms. The van der Waals surface area contributed by atoms with Crippen molar-refractivity contribution >= 4 is 35.1 Å². The van der Waals surface area contributed by atoms with Crippen LogP contribution in [-0.4, -0.2) is 29.9 Å². The van der Waals surface area contributed by atoms with Gasteiger partial charge in [-0.2, -0.15) is 16.9 Å². The minimum absolute atomic E-state index is 0.316. The van der Waals surface area contributed by atoms with E-state index < -0.39 is 0 Å². The molecule has 0 saturated carbocycles. The second-order valence-electron chi connectivity index (χ2n) is 6.15. The van der Waals surface area contributed by atoms with E-state index in [9.17, 15) is 4.79 Å². The lowest BCUT2D eigenvalue weighted by molar-refractivity contribution is 0.102. The summed E-state index contributed by atoms with van der Waals surface area (Å²) in [6.45, 7) is 0. The van der Waals surface area contributed by atoms with Gasteiger partial charge in [-0.3, -0.25) is 4.79 Å². The molecule has 0 radical (unpaired) electrons. The molecule has 2 heterocycles. The second kappa shape index (κ2) is 7.77. The monoisotopic (exact) mass is 415 g/mol. The summed E-state index contributed by atoms with van der Waals surface area (Å²) in [5, 5.41) is 8.36. The Morgan fingerprint density at radius 3 is 2.43 bits per heavy atom. The number of carbonyl (C=O) groups excluding carboxylic acids is 1. The fraction of sp³-hybridized carbons (Fsp3) is 0.200. The highest BCUT2D eigenvalue weighted by atomic mass is 35.5. The first-order valence-electron chi connectivity index (χ1n) is 8.59. The van der Waals surface area contributed by atoms with Crippen molar-refractivity contribution in [3.63, 3.8) is 0 Å². The zero-order valence-electron chi connectivity index (χ0n) is 15.4. The number of nitrogens with one attached hydrogen (secondary N) is 1. The van der Waals surface area contributed by atoms with Crippen molar-refractivity contribution in [3.05, 3.63) is 64.3 Å². The molecule has 0 aliphatic carbocycles. The number of rotatable bonds is 5. The second-order valence-corrected chi connectivity index (χ2v) is 7.57. The molecule has 1 aliphatic rings. The van der Waals surface area contributed by atoms with Crippen LogP contribution in [0.1, 0.15) is 21.6 Å². The lowest BCUT2D eigenvalue weighted by Gasteiger charge is -2.15. The number of hydrogen-bond acceptors (Lipinski definition) is 5. The number of benzene rings is 2. The van der Waals surface area contributed by atoms with E-state index in [0.29, 0.717) is 27.9 Å². The smallest absolute Gasteiger partial charge is 0.264 e. The Balaban J connectivity index is 1.77. The van der Waals surface area contributed by atoms with E-state index in [1.807, 2.05) is 12.1 Å². The molecule has 0 atom stereocenters. The van der Waals surface area contributed by atoms with E-state index in [1.54, 1.807) is 46.8 Å². The van der Waals surface area contributed by atoms with Crippen LogP contribution < -0.4 is 14.8 Å². The van der Waals surface area contributed by atoms with Crippen LogP contribution in [0.25, 0.3) is 5.69 Å². The average Bonchev–Trinajstić information content (AvgIpc) is 3.30. The Labute approximate surface area is 171 Å². The molecule has 1 amide bonds. The minimum atomic E-state index is -0.316. The predicted octanol–water partition coefficient (Wildman–Crippen LogP) is 4.54. The van der Waals surface area contributed by atoms with Gasteiger partial charge in [0.2, 0.25) is 0 Å². The molecule has 0 saturated heterocycles. The van der Waals surface area contributed by atoms with Gasteiger partial charge in [-0.25, -0.2) is 4.68 Å². The largest absolute Gasteiger partial charge is 0.496 e. The van der Waals surface area contributed by atoms with Crippen LogP contribution in [0, 0.1) is 0 Å². The molecule has 3 aromatic rings. The highest BCUT2D eigenvalue weighted by Gasteiger charge is 2.27. The Morgan fingerprint density at radius 1 is 1.11 bits per heavy atom. The normalized spacial score (nSPS) is 12.5. The zero-order chi connectivity index (χ0) is 19.7. The molecule has 1 N–H and O–H groups in total. The number of amides is 1. The molecule has 144 valence electrons.